The van der Waals surface area contributed by atoms with Gasteiger partial charge in [-0.2, -0.15) is 0 Å². The highest BCUT2D eigenvalue weighted by Crippen LogP contribution is 2.36. The van der Waals surface area contributed by atoms with E-state index in [4.69, 9.17) is 0 Å². The molecule has 1 N–H and O–H groups in total. The Morgan fingerprint density at radius 3 is 1.93 bits per heavy atom. The standard InChI is InChI=1S/C14H24O/c1-11(2)10-13(12(3)4)14(15)8-6-5-7-9-14/h10,15H,5-9H2,1-4H3. The Morgan fingerprint density at radius 2 is 1.53 bits per heavy atom. The van der Waals surface area contributed by atoms with Crippen molar-refractivity contribution in [2.75, 3.05) is 0 Å². The minimum Gasteiger partial charge on any atom is -0.385 e. The van der Waals surface area contributed by atoms with Crippen LogP contribution in [0.5, 0.6) is 0 Å². The van der Waals surface area contributed by atoms with Crippen LogP contribution in [0.25, 0.3) is 0 Å². The second kappa shape index (κ2) is 4.98. The highest BCUT2D eigenvalue weighted by Gasteiger charge is 2.32. The van der Waals surface area contributed by atoms with Crippen LogP contribution in [0.4, 0.5) is 0 Å². The Bertz CT molecular complexity index is 270. The maximum Gasteiger partial charge on any atom is 0.0895 e. The molecule has 1 fully saturated rings. The van der Waals surface area contributed by atoms with Gasteiger partial charge in [-0.1, -0.05) is 36.5 Å². The van der Waals surface area contributed by atoms with E-state index >= 15 is 0 Å². The molecule has 0 aromatic heterocycles. The van der Waals surface area contributed by atoms with Crippen LogP contribution in [-0.4, -0.2) is 10.7 Å². The van der Waals surface area contributed by atoms with Crippen molar-refractivity contribution in [2.45, 2.75) is 65.4 Å². The van der Waals surface area contributed by atoms with Crippen LogP contribution >= 0.6 is 0 Å². The van der Waals surface area contributed by atoms with Crippen molar-refractivity contribution in [3.05, 3.63) is 22.8 Å². The lowest BCUT2D eigenvalue weighted by atomic mass is 9.77. The first kappa shape index (κ1) is 12.5. The Labute approximate surface area is 93.9 Å². The predicted molar refractivity (Wildman–Crippen MR) is 65.8 cm³/mol. The molecule has 86 valence electrons. The Balaban J connectivity index is 2.99. The molecule has 1 heteroatoms. The van der Waals surface area contributed by atoms with Gasteiger partial charge in [0.05, 0.1) is 5.60 Å². The lowest BCUT2D eigenvalue weighted by Gasteiger charge is -2.34. The summed E-state index contributed by atoms with van der Waals surface area (Å²) in [5, 5.41) is 10.6. The van der Waals surface area contributed by atoms with Gasteiger partial charge in [0.25, 0.3) is 0 Å². The van der Waals surface area contributed by atoms with Crippen molar-refractivity contribution in [2.24, 2.45) is 0 Å². The molecule has 0 bridgehead atoms. The first-order valence-electron chi connectivity index (χ1n) is 6.01. The second-order valence-electron chi connectivity index (χ2n) is 5.23. The smallest absolute Gasteiger partial charge is 0.0895 e. The minimum absolute atomic E-state index is 0.547. The maximum atomic E-state index is 10.6. The lowest BCUT2D eigenvalue weighted by Crippen LogP contribution is -2.33. The molecule has 15 heavy (non-hydrogen) atoms. The SMILES string of the molecule is CC(C)=CC(=C(C)C)C1(O)CCCCC1. The topological polar surface area (TPSA) is 20.2 Å². The zero-order valence-electron chi connectivity index (χ0n) is 10.6. The monoisotopic (exact) mass is 208 g/mol. The summed E-state index contributed by atoms with van der Waals surface area (Å²) in [6, 6.07) is 0. The van der Waals surface area contributed by atoms with Crippen molar-refractivity contribution in [3.63, 3.8) is 0 Å². The molecule has 0 radical (unpaired) electrons. The zero-order valence-corrected chi connectivity index (χ0v) is 10.6. The van der Waals surface area contributed by atoms with E-state index in [9.17, 15) is 5.11 Å². The Morgan fingerprint density at radius 1 is 1.00 bits per heavy atom. The summed E-state index contributed by atoms with van der Waals surface area (Å²) >= 11 is 0. The molecule has 0 saturated heterocycles. The van der Waals surface area contributed by atoms with Gasteiger partial charge in [-0.05, 0) is 46.1 Å². The Hall–Kier alpha value is -0.560. The highest BCUT2D eigenvalue weighted by molar-refractivity contribution is 5.34. The molecule has 0 amide bonds. The number of hydrogen-bond donors (Lipinski definition) is 1. The van der Waals surface area contributed by atoms with Crippen LogP contribution < -0.4 is 0 Å². The van der Waals surface area contributed by atoms with Gasteiger partial charge in [-0.3, -0.25) is 0 Å². The van der Waals surface area contributed by atoms with Crippen molar-refractivity contribution in [3.8, 4) is 0 Å². The van der Waals surface area contributed by atoms with Crippen LogP contribution in [-0.2, 0) is 0 Å². The van der Waals surface area contributed by atoms with Gasteiger partial charge in [0.1, 0.15) is 0 Å². The number of allylic oxidation sites excluding steroid dienone is 2. The van der Waals surface area contributed by atoms with Gasteiger partial charge in [-0.25, -0.2) is 0 Å². The fraction of sp³-hybridized carbons (Fsp3) is 0.714. The van der Waals surface area contributed by atoms with E-state index in [1.165, 1.54) is 17.6 Å². The van der Waals surface area contributed by atoms with Gasteiger partial charge in [0.2, 0.25) is 0 Å². The van der Waals surface area contributed by atoms with Gasteiger partial charge in [-0.15, -0.1) is 0 Å². The fourth-order valence-electron chi connectivity index (χ4n) is 2.44. The van der Waals surface area contributed by atoms with Crippen LogP contribution in [0.1, 0.15) is 59.8 Å². The van der Waals surface area contributed by atoms with Gasteiger partial charge in [0, 0.05) is 0 Å². The predicted octanol–water partition coefficient (Wildman–Crippen LogP) is 3.98. The van der Waals surface area contributed by atoms with Gasteiger partial charge in [0.15, 0.2) is 0 Å². The minimum atomic E-state index is -0.547. The van der Waals surface area contributed by atoms with Crippen LogP contribution in [0.3, 0.4) is 0 Å². The molecule has 1 aliphatic carbocycles. The summed E-state index contributed by atoms with van der Waals surface area (Å²) in [5.74, 6) is 0. The molecule has 0 aromatic carbocycles. The largest absolute Gasteiger partial charge is 0.385 e. The van der Waals surface area contributed by atoms with E-state index in [2.05, 4.69) is 33.8 Å². The lowest BCUT2D eigenvalue weighted by molar-refractivity contribution is 0.0420. The first-order valence-corrected chi connectivity index (χ1v) is 6.01. The van der Waals surface area contributed by atoms with E-state index in [1.54, 1.807) is 0 Å². The number of hydrogen-bond acceptors (Lipinski definition) is 1. The van der Waals surface area contributed by atoms with Crippen molar-refractivity contribution >= 4 is 0 Å². The molecule has 0 spiro atoms. The summed E-state index contributed by atoms with van der Waals surface area (Å²) in [4.78, 5) is 0. The van der Waals surface area contributed by atoms with E-state index in [1.807, 2.05) is 0 Å². The molecular weight excluding hydrogens is 184 g/mol. The van der Waals surface area contributed by atoms with Crippen LogP contribution in [0.2, 0.25) is 0 Å². The third kappa shape index (κ3) is 3.20. The fourth-order valence-corrected chi connectivity index (χ4v) is 2.44. The van der Waals surface area contributed by atoms with Crippen molar-refractivity contribution < 1.29 is 5.11 Å². The maximum absolute atomic E-state index is 10.6. The van der Waals surface area contributed by atoms with E-state index < -0.39 is 5.60 Å². The molecule has 0 atom stereocenters. The van der Waals surface area contributed by atoms with Crippen molar-refractivity contribution in [1.29, 1.82) is 0 Å². The molecular formula is C14H24O. The van der Waals surface area contributed by atoms with Crippen LogP contribution in [0, 0.1) is 0 Å². The summed E-state index contributed by atoms with van der Waals surface area (Å²) in [6.45, 7) is 8.38. The number of aliphatic hydroxyl groups is 1. The highest BCUT2D eigenvalue weighted by atomic mass is 16.3. The molecule has 0 heterocycles. The third-order valence-corrected chi connectivity index (χ3v) is 3.15. The molecule has 0 aromatic rings. The molecule has 0 unspecified atom stereocenters. The average molecular weight is 208 g/mol. The van der Waals surface area contributed by atoms with E-state index in [0.29, 0.717) is 0 Å². The van der Waals surface area contributed by atoms with Gasteiger partial charge >= 0.3 is 0 Å². The summed E-state index contributed by atoms with van der Waals surface area (Å²) in [6.07, 6.45) is 7.59. The second-order valence-corrected chi connectivity index (χ2v) is 5.23. The summed E-state index contributed by atoms with van der Waals surface area (Å²) < 4.78 is 0. The third-order valence-electron chi connectivity index (χ3n) is 3.15. The van der Waals surface area contributed by atoms with E-state index in [0.717, 1.165) is 31.3 Å². The van der Waals surface area contributed by atoms with Gasteiger partial charge < -0.3 is 5.11 Å². The summed E-state index contributed by atoms with van der Waals surface area (Å²) in [7, 11) is 0. The quantitative estimate of drug-likeness (QED) is 0.680. The van der Waals surface area contributed by atoms with E-state index in [-0.39, 0.29) is 0 Å². The summed E-state index contributed by atoms with van der Waals surface area (Å²) in [5.41, 5.74) is 3.13. The van der Waals surface area contributed by atoms with Crippen LogP contribution in [0.15, 0.2) is 22.8 Å². The molecule has 0 aliphatic heterocycles. The molecule has 1 nitrogen and oxygen atoms in total. The zero-order chi connectivity index (χ0) is 11.5. The number of rotatable bonds is 2. The molecule has 1 aliphatic rings. The first-order chi connectivity index (χ1) is 6.96. The molecule has 1 saturated carbocycles. The Kier molecular flexibility index (Phi) is 4.15. The van der Waals surface area contributed by atoms with Crippen molar-refractivity contribution in [1.82, 2.24) is 0 Å². The average Bonchev–Trinajstić information content (AvgIpc) is 2.14. The molecule has 1 rings (SSSR count). The normalized spacial score (nSPS) is 19.5.